The van der Waals surface area contributed by atoms with Crippen LogP contribution in [-0.4, -0.2) is 44.3 Å². The summed E-state index contributed by atoms with van der Waals surface area (Å²) in [6.07, 6.45) is 1.53. The minimum absolute atomic E-state index is 0.162. The van der Waals surface area contributed by atoms with Gasteiger partial charge < -0.3 is 14.6 Å². The van der Waals surface area contributed by atoms with Gasteiger partial charge in [-0.1, -0.05) is 24.0 Å². The quantitative estimate of drug-likeness (QED) is 0.606. The first-order valence-corrected chi connectivity index (χ1v) is 8.42. The molecule has 0 bridgehead atoms. The lowest BCUT2D eigenvalue weighted by Gasteiger charge is -2.03. The Hall–Kier alpha value is -2.91. The number of nitrogens with zero attached hydrogens (tertiary/aromatic N) is 1. The second-order valence-corrected chi connectivity index (χ2v) is 7.03. The highest BCUT2D eigenvalue weighted by Crippen LogP contribution is 2.33. The van der Waals surface area contributed by atoms with E-state index in [0.717, 1.165) is 17.8 Å². The number of thiocarbonyl (C=S) groups is 1. The van der Waals surface area contributed by atoms with E-state index in [9.17, 15) is 14.4 Å². The fourth-order valence-electron chi connectivity index (χ4n) is 2.28. The summed E-state index contributed by atoms with van der Waals surface area (Å²) in [5.74, 6) is -2.07. The summed E-state index contributed by atoms with van der Waals surface area (Å²) in [6, 6.07) is 6.90. The molecule has 1 aromatic heterocycles. The molecule has 1 aliphatic heterocycles. The molecule has 7 nitrogen and oxygen atoms in total. The smallest absolute Gasteiger partial charge is 0.335 e. The van der Waals surface area contributed by atoms with Crippen molar-refractivity contribution >= 4 is 52.2 Å². The van der Waals surface area contributed by atoms with Crippen molar-refractivity contribution in [1.82, 2.24) is 4.90 Å². The van der Waals surface area contributed by atoms with Gasteiger partial charge in [0.25, 0.3) is 5.91 Å². The average molecular weight is 389 g/mol. The summed E-state index contributed by atoms with van der Waals surface area (Å²) in [5.41, 5.74) is -0.0144. The maximum absolute atomic E-state index is 12.0. The number of hydrogen-bond acceptors (Lipinski definition) is 6. The molecule has 1 saturated heterocycles. The number of aromatic carboxylic acids is 2. The summed E-state index contributed by atoms with van der Waals surface area (Å²) in [6.45, 7) is 0. The van der Waals surface area contributed by atoms with Crippen LogP contribution < -0.4 is 0 Å². The van der Waals surface area contributed by atoms with Crippen LogP contribution in [0.1, 0.15) is 26.5 Å². The van der Waals surface area contributed by atoms with E-state index in [-0.39, 0.29) is 22.8 Å². The fraction of sp³-hybridized carbons (Fsp3) is 0.0588. The van der Waals surface area contributed by atoms with Crippen LogP contribution in [0.2, 0.25) is 0 Å². The summed E-state index contributed by atoms with van der Waals surface area (Å²) in [7, 11) is 1.58. The number of carbonyl (C=O) groups is 3. The number of carboxylic acid groups (broad SMARTS) is 2. The molecule has 0 spiro atoms. The third kappa shape index (κ3) is 3.39. The van der Waals surface area contributed by atoms with Crippen LogP contribution in [0.3, 0.4) is 0 Å². The van der Waals surface area contributed by atoms with Gasteiger partial charge in [-0.3, -0.25) is 9.69 Å². The van der Waals surface area contributed by atoms with E-state index in [0.29, 0.717) is 20.5 Å². The third-order valence-corrected chi connectivity index (χ3v) is 5.08. The Balaban J connectivity index is 1.98. The molecule has 2 aromatic rings. The average Bonchev–Trinajstić information content (AvgIpc) is 3.16. The summed E-state index contributed by atoms with van der Waals surface area (Å²) >= 11 is 6.20. The van der Waals surface area contributed by atoms with E-state index in [2.05, 4.69) is 0 Å². The molecular weight excluding hydrogens is 378 g/mol. The van der Waals surface area contributed by atoms with Crippen molar-refractivity contribution in [1.29, 1.82) is 0 Å². The van der Waals surface area contributed by atoms with Crippen molar-refractivity contribution in [2.75, 3.05) is 7.05 Å². The van der Waals surface area contributed by atoms with Crippen molar-refractivity contribution in [3.05, 3.63) is 52.1 Å². The first-order chi connectivity index (χ1) is 12.3. The largest absolute Gasteiger partial charge is 0.478 e. The van der Waals surface area contributed by atoms with Gasteiger partial charge in [0, 0.05) is 18.7 Å². The number of rotatable bonds is 4. The van der Waals surface area contributed by atoms with Crippen LogP contribution in [0.4, 0.5) is 0 Å². The maximum atomic E-state index is 12.0. The van der Waals surface area contributed by atoms with Gasteiger partial charge in [0.05, 0.1) is 16.0 Å². The molecule has 0 atom stereocenters. The topological polar surface area (TPSA) is 108 Å². The minimum atomic E-state index is -1.24. The fourth-order valence-corrected chi connectivity index (χ4v) is 3.44. The monoisotopic (exact) mass is 389 g/mol. The highest BCUT2D eigenvalue weighted by molar-refractivity contribution is 8.26. The van der Waals surface area contributed by atoms with Gasteiger partial charge in [0.1, 0.15) is 15.8 Å². The molecule has 2 heterocycles. The predicted molar refractivity (Wildman–Crippen MR) is 99.0 cm³/mol. The predicted octanol–water partition coefficient (Wildman–Crippen LogP) is 3.17. The molecule has 0 unspecified atom stereocenters. The van der Waals surface area contributed by atoms with Crippen LogP contribution in [-0.2, 0) is 4.79 Å². The van der Waals surface area contributed by atoms with Gasteiger partial charge in [-0.05, 0) is 30.3 Å². The van der Waals surface area contributed by atoms with Crippen LogP contribution in [0, 0.1) is 0 Å². The Morgan fingerprint density at radius 3 is 2.27 bits per heavy atom. The normalized spacial score (nSPS) is 15.7. The van der Waals surface area contributed by atoms with Gasteiger partial charge in [0.15, 0.2) is 0 Å². The Morgan fingerprint density at radius 2 is 1.77 bits per heavy atom. The van der Waals surface area contributed by atoms with Crippen LogP contribution in [0.5, 0.6) is 0 Å². The van der Waals surface area contributed by atoms with Crippen LogP contribution in [0.15, 0.2) is 39.7 Å². The zero-order valence-electron chi connectivity index (χ0n) is 13.3. The number of furan rings is 1. The minimum Gasteiger partial charge on any atom is -0.478 e. The summed E-state index contributed by atoms with van der Waals surface area (Å²) in [5, 5.41) is 18.3. The molecule has 0 radical (unpaired) electrons. The lowest BCUT2D eigenvalue weighted by molar-refractivity contribution is -0.121. The number of carboxylic acids is 2. The number of hydrogen-bond donors (Lipinski definition) is 2. The van der Waals surface area contributed by atoms with E-state index in [1.54, 1.807) is 19.2 Å². The summed E-state index contributed by atoms with van der Waals surface area (Å²) in [4.78, 5) is 36.2. The second kappa shape index (κ2) is 6.77. The molecule has 1 amide bonds. The highest BCUT2D eigenvalue weighted by atomic mass is 32.2. The molecule has 26 heavy (non-hydrogen) atoms. The molecule has 1 aliphatic rings. The standard InChI is InChI=1S/C17H11NO6S2/c1-18-14(19)13(26-17(18)25)7-11-2-3-12(24-11)8-4-9(15(20)21)6-10(5-8)16(22)23/h2-7H,1H3,(H,20,21)(H,22,23). The molecule has 132 valence electrons. The lowest BCUT2D eigenvalue weighted by atomic mass is 10.0. The molecular formula is C17H11NO6S2. The van der Waals surface area contributed by atoms with Crippen molar-refractivity contribution in [3.8, 4) is 11.3 Å². The van der Waals surface area contributed by atoms with E-state index >= 15 is 0 Å². The first kappa shape index (κ1) is 17.9. The molecule has 9 heteroatoms. The van der Waals surface area contributed by atoms with E-state index in [4.69, 9.17) is 26.8 Å². The van der Waals surface area contributed by atoms with Crippen molar-refractivity contribution in [2.24, 2.45) is 0 Å². The second-order valence-electron chi connectivity index (χ2n) is 5.35. The maximum Gasteiger partial charge on any atom is 0.335 e. The van der Waals surface area contributed by atoms with Gasteiger partial charge >= 0.3 is 11.9 Å². The first-order valence-electron chi connectivity index (χ1n) is 7.19. The Morgan fingerprint density at radius 1 is 1.15 bits per heavy atom. The van der Waals surface area contributed by atoms with Crippen molar-refractivity contribution < 1.29 is 29.0 Å². The van der Waals surface area contributed by atoms with Gasteiger partial charge in [0.2, 0.25) is 0 Å². The third-order valence-electron chi connectivity index (χ3n) is 3.60. The Labute approximate surface area is 156 Å². The number of thioether (sulfide) groups is 1. The zero-order chi connectivity index (χ0) is 19.0. The zero-order valence-corrected chi connectivity index (χ0v) is 14.9. The molecule has 1 fully saturated rings. The number of benzene rings is 1. The number of amides is 1. The van der Waals surface area contributed by atoms with Crippen molar-refractivity contribution in [2.45, 2.75) is 0 Å². The van der Waals surface area contributed by atoms with Gasteiger partial charge in [-0.25, -0.2) is 9.59 Å². The Kier molecular flexibility index (Phi) is 4.66. The van der Waals surface area contributed by atoms with E-state index in [1.807, 2.05) is 0 Å². The molecule has 0 saturated carbocycles. The van der Waals surface area contributed by atoms with Crippen molar-refractivity contribution in [3.63, 3.8) is 0 Å². The van der Waals surface area contributed by atoms with Gasteiger partial charge in [-0.2, -0.15) is 0 Å². The number of carbonyl (C=O) groups excluding carboxylic acids is 1. The van der Waals surface area contributed by atoms with Crippen LogP contribution in [0.25, 0.3) is 17.4 Å². The van der Waals surface area contributed by atoms with E-state index in [1.165, 1.54) is 23.1 Å². The van der Waals surface area contributed by atoms with Crippen LogP contribution >= 0.6 is 24.0 Å². The molecule has 0 aliphatic carbocycles. The molecule has 2 N–H and O–H groups in total. The number of likely N-dealkylation sites (N-methyl/N-ethyl adjacent to an activating group) is 1. The SMILES string of the molecule is CN1C(=O)C(=Cc2ccc(-c3cc(C(=O)O)cc(C(=O)O)c3)o2)SC1=S. The van der Waals surface area contributed by atoms with E-state index < -0.39 is 11.9 Å². The highest BCUT2D eigenvalue weighted by Gasteiger charge is 2.29. The Bertz CT molecular complexity index is 959. The summed E-state index contributed by atoms with van der Waals surface area (Å²) < 4.78 is 6.07. The molecule has 1 aromatic carbocycles. The molecule has 3 rings (SSSR count). The lowest BCUT2D eigenvalue weighted by Crippen LogP contribution is -2.22. The van der Waals surface area contributed by atoms with Gasteiger partial charge in [-0.15, -0.1) is 0 Å².